The van der Waals surface area contributed by atoms with Crippen LogP contribution in [-0.2, 0) is 0 Å². The number of ether oxygens (including phenoxy) is 1. The molecule has 0 aliphatic heterocycles. The Balaban J connectivity index is 1.93. The molecule has 7 heteroatoms. The first kappa shape index (κ1) is 19.6. The zero-order valence-electron chi connectivity index (χ0n) is 16.4. The largest absolute Gasteiger partial charge is 0.495 e. The van der Waals surface area contributed by atoms with E-state index >= 15 is 0 Å². The van der Waals surface area contributed by atoms with Gasteiger partial charge in [-0.15, -0.1) is 11.3 Å². The summed E-state index contributed by atoms with van der Waals surface area (Å²) in [6.45, 7) is 5.84. The Morgan fingerprint density at radius 2 is 1.79 bits per heavy atom. The number of thiophene rings is 1. The number of rotatable bonds is 4. The van der Waals surface area contributed by atoms with Gasteiger partial charge in [-0.2, -0.15) is 0 Å². The van der Waals surface area contributed by atoms with Gasteiger partial charge in [-0.3, -0.25) is 0 Å². The Labute approximate surface area is 177 Å². The number of halogens is 2. The van der Waals surface area contributed by atoms with E-state index in [1.165, 1.54) is 12.1 Å². The van der Waals surface area contributed by atoms with Crippen molar-refractivity contribution in [3.8, 4) is 16.9 Å². The molecule has 148 valence electrons. The first-order valence-electron chi connectivity index (χ1n) is 9.02. The van der Waals surface area contributed by atoms with Crippen LogP contribution in [0.5, 0.6) is 5.75 Å². The highest BCUT2D eigenvalue weighted by Crippen LogP contribution is 2.42. The molecule has 2 aromatic heterocycles. The molecular weight excluding hydrogens is 409 g/mol. The number of hydrogen-bond acceptors (Lipinski definition) is 5. The first-order chi connectivity index (χ1) is 13.9. The molecule has 0 radical (unpaired) electrons. The number of nitrogens with zero attached hydrogens (tertiary/aromatic N) is 2. The molecule has 2 aromatic carbocycles. The molecule has 0 unspecified atom stereocenters. The lowest BCUT2D eigenvalue weighted by Gasteiger charge is -2.14. The standard InChI is InChI=1S/C22H19ClFN3OS/c1-11-9-17(18(28-4)10-16(11)23)27-21-20-19(14-5-7-15(24)8-6-14)12(2)29-22(20)26-13(3)25-21/h5-10H,1-4H3,(H,25,26,27). The van der Waals surface area contributed by atoms with E-state index in [9.17, 15) is 4.39 Å². The van der Waals surface area contributed by atoms with Crippen LogP contribution in [0.25, 0.3) is 21.3 Å². The van der Waals surface area contributed by atoms with E-state index < -0.39 is 0 Å². The molecule has 4 rings (SSSR count). The summed E-state index contributed by atoms with van der Waals surface area (Å²) in [5.41, 5.74) is 3.61. The van der Waals surface area contributed by atoms with Gasteiger partial charge in [-0.05, 0) is 50.1 Å². The maximum absolute atomic E-state index is 13.5. The maximum Gasteiger partial charge on any atom is 0.143 e. The highest BCUT2D eigenvalue weighted by atomic mass is 35.5. The van der Waals surface area contributed by atoms with Crippen molar-refractivity contribution in [2.45, 2.75) is 20.8 Å². The highest BCUT2D eigenvalue weighted by Gasteiger charge is 2.19. The van der Waals surface area contributed by atoms with Gasteiger partial charge in [0.1, 0.15) is 28.0 Å². The summed E-state index contributed by atoms with van der Waals surface area (Å²) in [6, 6.07) is 10.2. The number of anilines is 2. The lowest BCUT2D eigenvalue weighted by molar-refractivity contribution is 0.416. The van der Waals surface area contributed by atoms with Crippen LogP contribution >= 0.6 is 22.9 Å². The molecule has 0 aliphatic rings. The molecule has 4 nitrogen and oxygen atoms in total. The molecule has 0 amide bonds. The van der Waals surface area contributed by atoms with Gasteiger partial charge in [0.05, 0.1) is 18.2 Å². The molecule has 2 heterocycles. The topological polar surface area (TPSA) is 47.0 Å². The minimum Gasteiger partial charge on any atom is -0.495 e. The summed E-state index contributed by atoms with van der Waals surface area (Å²) < 4.78 is 19.0. The predicted octanol–water partition coefficient (Wildman–Crippen LogP) is 6.83. The number of hydrogen-bond donors (Lipinski definition) is 1. The van der Waals surface area contributed by atoms with Crippen LogP contribution in [0.15, 0.2) is 36.4 Å². The lowest BCUT2D eigenvalue weighted by atomic mass is 10.0. The zero-order chi connectivity index (χ0) is 20.7. The van der Waals surface area contributed by atoms with Gasteiger partial charge in [0, 0.05) is 21.5 Å². The fourth-order valence-electron chi connectivity index (χ4n) is 3.33. The van der Waals surface area contributed by atoms with Crippen molar-refractivity contribution < 1.29 is 9.13 Å². The van der Waals surface area contributed by atoms with Crippen LogP contribution < -0.4 is 10.1 Å². The Morgan fingerprint density at radius 3 is 2.48 bits per heavy atom. The van der Waals surface area contributed by atoms with Crippen LogP contribution in [0.3, 0.4) is 0 Å². The van der Waals surface area contributed by atoms with Crippen molar-refractivity contribution in [3.05, 3.63) is 63.5 Å². The normalized spacial score (nSPS) is 11.1. The maximum atomic E-state index is 13.5. The smallest absolute Gasteiger partial charge is 0.143 e. The van der Waals surface area contributed by atoms with Gasteiger partial charge >= 0.3 is 0 Å². The summed E-state index contributed by atoms with van der Waals surface area (Å²) in [4.78, 5) is 11.2. The van der Waals surface area contributed by atoms with Gasteiger partial charge in [0.25, 0.3) is 0 Å². The minimum absolute atomic E-state index is 0.266. The van der Waals surface area contributed by atoms with Crippen LogP contribution in [0.1, 0.15) is 16.3 Å². The fourth-order valence-corrected chi connectivity index (χ4v) is 4.57. The summed E-state index contributed by atoms with van der Waals surface area (Å²) in [6.07, 6.45) is 0. The van der Waals surface area contributed by atoms with Gasteiger partial charge in [-0.1, -0.05) is 23.7 Å². The average Bonchev–Trinajstić information content (AvgIpc) is 3.01. The van der Waals surface area contributed by atoms with Crippen LogP contribution in [-0.4, -0.2) is 17.1 Å². The molecule has 29 heavy (non-hydrogen) atoms. The van der Waals surface area contributed by atoms with Crippen molar-refractivity contribution in [2.75, 3.05) is 12.4 Å². The zero-order valence-corrected chi connectivity index (χ0v) is 18.0. The van der Waals surface area contributed by atoms with Crippen molar-refractivity contribution in [1.29, 1.82) is 0 Å². The third kappa shape index (κ3) is 3.66. The minimum atomic E-state index is -0.266. The molecule has 0 fully saturated rings. The third-order valence-electron chi connectivity index (χ3n) is 4.71. The second-order valence-corrected chi connectivity index (χ2v) is 8.38. The number of aromatic nitrogens is 2. The summed E-state index contributed by atoms with van der Waals surface area (Å²) in [5.74, 6) is 1.70. The molecule has 0 aliphatic carbocycles. The summed E-state index contributed by atoms with van der Waals surface area (Å²) in [7, 11) is 1.60. The fraction of sp³-hybridized carbons (Fsp3) is 0.182. The molecule has 4 aromatic rings. The number of nitrogens with one attached hydrogen (secondary N) is 1. The van der Waals surface area contributed by atoms with E-state index in [1.807, 2.05) is 26.8 Å². The van der Waals surface area contributed by atoms with Crippen LogP contribution in [0.4, 0.5) is 15.9 Å². The van der Waals surface area contributed by atoms with Gasteiger partial charge < -0.3 is 10.1 Å². The molecule has 1 N–H and O–H groups in total. The Bertz CT molecular complexity index is 1220. The monoisotopic (exact) mass is 427 g/mol. The van der Waals surface area contributed by atoms with Crippen molar-refractivity contribution in [1.82, 2.24) is 9.97 Å². The Morgan fingerprint density at radius 1 is 1.07 bits per heavy atom. The summed E-state index contributed by atoms with van der Waals surface area (Å²) in [5, 5.41) is 4.94. The number of aryl methyl sites for hydroxylation is 3. The van der Waals surface area contributed by atoms with Crippen molar-refractivity contribution >= 4 is 44.7 Å². The average molecular weight is 428 g/mol. The predicted molar refractivity (Wildman–Crippen MR) is 118 cm³/mol. The number of benzene rings is 2. The van der Waals surface area contributed by atoms with E-state index in [-0.39, 0.29) is 5.82 Å². The molecule has 0 saturated heterocycles. The quantitative estimate of drug-likeness (QED) is 0.387. The van der Waals surface area contributed by atoms with E-state index in [4.69, 9.17) is 16.3 Å². The van der Waals surface area contributed by atoms with E-state index in [2.05, 4.69) is 15.3 Å². The highest BCUT2D eigenvalue weighted by molar-refractivity contribution is 7.19. The number of methoxy groups -OCH3 is 1. The SMILES string of the molecule is COc1cc(Cl)c(C)cc1Nc1nc(C)nc2sc(C)c(-c3ccc(F)cc3)c12. The van der Waals surface area contributed by atoms with E-state index in [1.54, 1.807) is 36.6 Å². The molecular formula is C22H19ClFN3OS. The number of fused-ring (bicyclic) bond motifs is 1. The van der Waals surface area contributed by atoms with Crippen molar-refractivity contribution in [3.63, 3.8) is 0 Å². The lowest BCUT2D eigenvalue weighted by Crippen LogP contribution is -2.01. The second kappa shape index (κ2) is 7.61. The molecule has 0 saturated carbocycles. The second-order valence-electron chi connectivity index (χ2n) is 6.77. The molecule has 0 bridgehead atoms. The van der Waals surface area contributed by atoms with Gasteiger partial charge in [0.2, 0.25) is 0 Å². The van der Waals surface area contributed by atoms with Crippen LogP contribution in [0, 0.1) is 26.6 Å². The van der Waals surface area contributed by atoms with Crippen molar-refractivity contribution in [2.24, 2.45) is 0 Å². The Kier molecular flexibility index (Phi) is 5.15. The van der Waals surface area contributed by atoms with E-state index in [0.29, 0.717) is 22.4 Å². The molecule has 0 atom stereocenters. The third-order valence-corrected chi connectivity index (χ3v) is 6.11. The van der Waals surface area contributed by atoms with E-state index in [0.717, 1.165) is 37.5 Å². The van der Waals surface area contributed by atoms with Gasteiger partial charge in [0.15, 0.2) is 0 Å². The molecule has 0 spiro atoms. The first-order valence-corrected chi connectivity index (χ1v) is 10.2. The summed E-state index contributed by atoms with van der Waals surface area (Å²) >= 11 is 7.84. The van der Waals surface area contributed by atoms with Crippen LogP contribution in [0.2, 0.25) is 5.02 Å². The van der Waals surface area contributed by atoms with Gasteiger partial charge in [-0.25, -0.2) is 14.4 Å². The Hall–Kier alpha value is -2.70.